The molecule has 4 nitrogen and oxygen atoms in total. The zero-order chi connectivity index (χ0) is 14.5. The summed E-state index contributed by atoms with van der Waals surface area (Å²) in [5.74, 6) is 0.490. The van der Waals surface area contributed by atoms with Gasteiger partial charge in [0.05, 0.1) is 11.3 Å². The fourth-order valence-electron chi connectivity index (χ4n) is 2.71. The van der Waals surface area contributed by atoms with Crippen LogP contribution in [-0.2, 0) is 4.79 Å². The molecule has 0 aromatic carbocycles. The molecule has 1 aliphatic heterocycles. The maximum Gasteiger partial charge on any atom is 0.233 e. The van der Waals surface area contributed by atoms with E-state index in [4.69, 9.17) is 5.26 Å². The minimum atomic E-state index is 0.143. The average molecular weight is 289 g/mol. The van der Waals surface area contributed by atoms with E-state index in [-0.39, 0.29) is 5.91 Å². The van der Waals surface area contributed by atoms with E-state index in [0.717, 1.165) is 12.8 Å². The fraction of sp³-hybridized carbons (Fsp3) is 0.533. The van der Waals surface area contributed by atoms with Gasteiger partial charge in [-0.05, 0) is 45.2 Å². The molecule has 0 spiro atoms. The number of aromatic nitrogens is 1. The third-order valence-electron chi connectivity index (χ3n) is 3.71. The van der Waals surface area contributed by atoms with E-state index >= 15 is 0 Å². The predicted octanol–water partition coefficient (Wildman–Crippen LogP) is 2.83. The van der Waals surface area contributed by atoms with Gasteiger partial charge >= 0.3 is 0 Å². The Kier molecular flexibility index (Phi) is 5.02. The van der Waals surface area contributed by atoms with Gasteiger partial charge in [-0.25, -0.2) is 4.98 Å². The molecule has 0 radical (unpaired) electrons. The van der Waals surface area contributed by atoms with E-state index in [1.165, 1.54) is 18.2 Å². The van der Waals surface area contributed by atoms with Gasteiger partial charge in [0.1, 0.15) is 11.1 Å². The van der Waals surface area contributed by atoms with Crippen LogP contribution in [0.4, 0.5) is 0 Å². The first-order valence-electron chi connectivity index (χ1n) is 6.92. The van der Waals surface area contributed by atoms with Crippen molar-refractivity contribution in [3.05, 3.63) is 23.9 Å². The summed E-state index contributed by atoms with van der Waals surface area (Å²) in [6, 6.07) is 6.19. The standard InChI is InChI=1S/C15H19N3OS/c1-11-5-3-6-12(2)18(11)14(19)10-20-15-13(9-16)7-4-8-17-15/h4,7-8,11-12H,3,5-6,10H2,1-2H3/t11-,12-/m0/s1. The van der Waals surface area contributed by atoms with Crippen molar-refractivity contribution in [2.24, 2.45) is 0 Å². The highest BCUT2D eigenvalue weighted by Gasteiger charge is 2.28. The summed E-state index contributed by atoms with van der Waals surface area (Å²) >= 11 is 1.35. The molecule has 2 atom stereocenters. The van der Waals surface area contributed by atoms with E-state index in [2.05, 4.69) is 24.9 Å². The second-order valence-electron chi connectivity index (χ2n) is 5.19. The van der Waals surface area contributed by atoms with E-state index < -0.39 is 0 Å². The van der Waals surface area contributed by atoms with Crippen molar-refractivity contribution in [2.75, 3.05) is 5.75 Å². The second-order valence-corrected chi connectivity index (χ2v) is 6.15. The van der Waals surface area contributed by atoms with Gasteiger partial charge in [-0.3, -0.25) is 4.79 Å². The van der Waals surface area contributed by atoms with E-state index in [9.17, 15) is 4.79 Å². The zero-order valence-electron chi connectivity index (χ0n) is 11.9. The number of likely N-dealkylation sites (tertiary alicyclic amines) is 1. The van der Waals surface area contributed by atoms with Crippen LogP contribution in [0.25, 0.3) is 0 Å². The molecule has 106 valence electrons. The monoisotopic (exact) mass is 289 g/mol. The Bertz CT molecular complexity index is 516. The number of pyridine rings is 1. The average Bonchev–Trinajstić information content (AvgIpc) is 2.45. The molecule has 1 amide bonds. The Hall–Kier alpha value is -1.54. The number of piperidine rings is 1. The number of nitrogens with zero attached hydrogens (tertiary/aromatic N) is 3. The van der Waals surface area contributed by atoms with Crippen LogP contribution in [0.3, 0.4) is 0 Å². The molecule has 0 aliphatic carbocycles. The third-order valence-corrected chi connectivity index (χ3v) is 4.70. The lowest BCUT2D eigenvalue weighted by atomic mass is 9.98. The molecule has 0 unspecified atom stereocenters. The molecule has 20 heavy (non-hydrogen) atoms. The van der Waals surface area contributed by atoms with Gasteiger partial charge in [0.15, 0.2) is 0 Å². The van der Waals surface area contributed by atoms with Crippen molar-refractivity contribution in [2.45, 2.75) is 50.2 Å². The van der Waals surface area contributed by atoms with Gasteiger partial charge in [-0.15, -0.1) is 0 Å². The quantitative estimate of drug-likeness (QED) is 0.803. The number of amides is 1. The molecular formula is C15H19N3OS. The van der Waals surface area contributed by atoms with Crippen LogP contribution in [0.5, 0.6) is 0 Å². The van der Waals surface area contributed by atoms with Gasteiger partial charge in [0.2, 0.25) is 5.91 Å². The number of nitriles is 1. The molecule has 2 heterocycles. The summed E-state index contributed by atoms with van der Waals surface area (Å²) in [4.78, 5) is 18.6. The van der Waals surface area contributed by atoms with E-state index in [1.54, 1.807) is 18.3 Å². The minimum absolute atomic E-state index is 0.143. The number of thioether (sulfide) groups is 1. The first-order valence-corrected chi connectivity index (χ1v) is 7.91. The normalized spacial score (nSPS) is 22.4. The molecule has 0 bridgehead atoms. The van der Waals surface area contributed by atoms with Crippen molar-refractivity contribution in [1.29, 1.82) is 5.26 Å². The highest BCUT2D eigenvalue weighted by molar-refractivity contribution is 7.99. The topological polar surface area (TPSA) is 57.0 Å². The smallest absolute Gasteiger partial charge is 0.233 e. The van der Waals surface area contributed by atoms with Crippen LogP contribution < -0.4 is 0 Å². The van der Waals surface area contributed by atoms with Crippen LogP contribution >= 0.6 is 11.8 Å². The molecule has 0 N–H and O–H groups in total. The van der Waals surface area contributed by atoms with Crippen LogP contribution in [-0.4, -0.2) is 33.6 Å². The van der Waals surface area contributed by atoms with Crippen molar-refractivity contribution >= 4 is 17.7 Å². The largest absolute Gasteiger partial charge is 0.337 e. The first kappa shape index (κ1) is 14.9. The SMILES string of the molecule is C[C@H]1CCC[C@H](C)N1C(=O)CSc1ncccc1C#N. The predicted molar refractivity (Wildman–Crippen MR) is 79.3 cm³/mol. The van der Waals surface area contributed by atoms with E-state index in [1.807, 2.05) is 4.90 Å². The number of hydrogen-bond donors (Lipinski definition) is 0. The summed E-state index contributed by atoms with van der Waals surface area (Å²) < 4.78 is 0. The number of carbonyl (C=O) groups is 1. The highest BCUT2D eigenvalue weighted by Crippen LogP contribution is 2.25. The molecule has 5 heteroatoms. The summed E-state index contributed by atoms with van der Waals surface area (Å²) in [6.07, 6.45) is 5.00. The molecule has 0 saturated carbocycles. The maximum absolute atomic E-state index is 12.4. The number of rotatable bonds is 3. The van der Waals surface area contributed by atoms with Gasteiger partial charge < -0.3 is 4.90 Å². The van der Waals surface area contributed by atoms with Crippen molar-refractivity contribution < 1.29 is 4.79 Å². The van der Waals surface area contributed by atoms with Gasteiger partial charge in [0, 0.05) is 18.3 Å². The van der Waals surface area contributed by atoms with Crippen LogP contribution in [0.15, 0.2) is 23.4 Å². The fourth-order valence-corrected chi connectivity index (χ4v) is 3.52. The van der Waals surface area contributed by atoms with Crippen LogP contribution in [0.2, 0.25) is 0 Å². The Morgan fingerprint density at radius 2 is 2.20 bits per heavy atom. The molecule has 1 aromatic heterocycles. The lowest BCUT2D eigenvalue weighted by Gasteiger charge is -2.39. The lowest BCUT2D eigenvalue weighted by molar-refractivity contribution is -0.134. The summed E-state index contributed by atoms with van der Waals surface area (Å²) in [5, 5.41) is 9.66. The number of carbonyl (C=O) groups excluding carboxylic acids is 1. The second kappa shape index (κ2) is 6.76. The van der Waals surface area contributed by atoms with E-state index in [0.29, 0.717) is 28.4 Å². The Labute approximate surface area is 124 Å². The van der Waals surface area contributed by atoms with Gasteiger partial charge in [0.25, 0.3) is 0 Å². The maximum atomic E-state index is 12.4. The molecule has 1 fully saturated rings. The van der Waals surface area contributed by atoms with Crippen molar-refractivity contribution in [3.63, 3.8) is 0 Å². The van der Waals surface area contributed by atoms with Gasteiger partial charge in [-0.2, -0.15) is 5.26 Å². The van der Waals surface area contributed by atoms with Crippen molar-refractivity contribution in [1.82, 2.24) is 9.88 Å². The molecular weight excluding hydrogens is 270 g/mol. The zero-order valence-corrected chi connectivity index (χ0v) is 12.7. The van der Waals surface area contributed by atoms with Gasteiger partial charge in [-0.1, -0.05) is 11.8 Å². The molecule has 1 aromatic rings. The van der Waals surface area contributed by atoms with Crippen molar-refractivity contribution in [3.8, 4) is 6.07 Å². The molecule has 1 saturated heterocycles. The number of hydrogen-bond acceptors (Lipinski definition) is 4. The van der Waals surface area contributed by atoms with Crippen LogP contribution in [0.1, 0.15) is 38.7 Å². The lowest BCUT2D eigenvalue weighted by Crippen LogP contribution is -2.48. The summed E-state index contributed by atoms with van der Waals surface area (Å²) in [7, 11) is 0. The Morgan fingerprint density at radius 3 is 2.85 bits per heavy atom. The summed E-state index contributed by atoms with van der Waals surface area (Å²) in [5.41, 5.74) is 0.532. The molecule has 2 rings (SSSR count). The van der Waals surface area contributed by atoms with Crippen LogP contribution in [0, 0.1) is 11.3 Å². The third kappa shape index (κ3) is 3.31. The minimum Gasteiger partial charge on any atom is -0.337 e. The Balaban J connectivity index is 2.00. The highest BCUT2D eigenvalue weighted by atomic mass is 32.2. The summed E-state index contributed by atoms with van der Waals surface area (Å²) in [6.45, 7) is 4.22. The Morgan fingerprint density at radius 1 is 1.50 bits per heavy atom. The first-order chi connectivity index (χ1) is 9.63. The molecule has 1 aliphatic rings.